The van der Waals surface area contributed by atoms with E-state index in [-0.39, 0.29) is 23.4 Å². The van der Waals surface area contributed by atoms with E-state index in [1.165, 1.54) is 17.6 Å². The maximum Gasteiger partial charge on any atom is 0.472 e. The Morgan fingerprint density at radius 2 is 1.67 bits per heavy atom. The van der Waals surface area contributed by atoms with Crippen LogP contribution in [0.25, 0.3) is 0 Å². The summed E-state index contributed by atoms with van der Waals surface area (Å²) in [7, 11) is -3.79. The number of hydrogen-bond acceptors (Lipinski definition) is 4. The van der Waals surface area contributed by atoms with Crippen LogP contribution in [0.15, 0.2) is 46.9 Å². The molecule has 0 aliphatic carbocycles. The molecule has 2 N–H and O–H groups in total. The fraction of sp³-hybridized carbons (Fsp3) is 0.176. The number of hydrazine groups is 1. The molecule has 2 rings (SSSR count). The third-order valence-corrected chi connectivity index (χ3v) is 5.36. The predicted molar refractivity (Wildman–Crippen MR) is 103 cm³/mol. The Kier molecular flexibility index (Phi) is 7.08. The van der Waals surface area contributed by atoms with E-state index >= 15 is 0 Å². The average Bonchev–Trinajstić information content (AvgIpc) is 2.64. The van der Waals surface area contributed by atoms with Gasteiger partial charge in [-0.25, -0.2) is 12.8 Å². The van der Waals surface area contributed by atoms with Crippen molar-refractivity contribution >= 4 is 43.5 Å². The number of nitrogens with zero attached hydrogens (tertiary/aromatic N) is 1. The van der Waals surface area contributed by atoms with Crippen molar-refractivity contribution in [1.82, 2.24) is 10.9 Å². The lowest BCUT2D eigenvalue weighted by Gasteiger charge is -2.23. The zero-order valence-corrected chi connectivity index (χ0v) is 17.5. The van der Waals surface area contributed by atoms with Gasteiger partial charge in [-0.1, -0.05) is 22.0 Å². The molecule has 2 amide bonds. The highest BCUT2D eigenvalue weighted by atomic mass is 79.9. The average molecular weight is 512 g/mol. The van der Waals surface area contributed by atoms with Crippen molar-refractivity contribution in [1.29, 1.82) is 0 Å². The molecule has 0 aliphatic rings. The van der Waals surface area contributed by atoms with Crippen molar-refractivity contribution in [3.05, 3.63) is 63.9 Å². The topological polar surface area (TPSA) is 95.6 Å². The van der Waals surface area contributed by atoms with Crippen LogP contribution in [0.5, 0.6) is 0 Å². The van der Waals surface area contributed by atoms with Gasteiger partial charge in [0, 0.05) is 15.6 Å². The van der Waals surface area contributed by atoms with Gasteiger partial charge >= 0.3 is 12.1 Å². The number of anilines is 1. The first-order chi connectivity index (χ1) is 13.8. The summed E-state index contributed by atoms with van der Waals surface area (Å²) in [5.74, 6) is -4.55. The summed E-state index contributed by atoms with van der Waals surface area (Å²) in [6, 6.07) is 9.14. The number of benzene rings is 2. The van der Waals surface area contributed by atoms with Crippen molar-refractivity contribution in [3.63, 3.8) is 0 Å². The first kappa shape index (κ1) is 23.6. The second-order valence-corrected chi connectivity index (χ2v) is 8.78. The molecular weight excluding hydrogens is 498 g/mol. The fourth-order valence-corrected chi connectivity index (χ4v) is 3.38. The van der Waals surface area contributed by atoms with Crippen molar-refractivity contribution in [2.75, 3.05) is 10.6 Å². The van der Waals surface area contributed by atoms with Crippen molar-refractivity contribution in [2.24, 2.45) is 0 Å². The number of halogens is 5. The molecule has 162 valence electrons. The lowest BCUT2D eigenvalue weighted by molar-refractivity contribution is -0.174. The van der Waals surface area contributed by atoms with Crippen LogP contribution in [0.1, 0.15) is 15.9 Å². The summed E-state index contributed by atoms with van der Waals surface area (Å²) in [6.45, 7) is -0.390. The van der Waals surface area contributed by atoms with Crippen LogP contribution in [-0.2, 0) is 21.4 Å². The van der Waals surface area contributed by atoms with Crippen LogP contribution in [0.3, 0.4) is 0 Å². The maximum absolute atomic E-state index is 14.5. The zero-order valence-electron chi connectivity index (χ0n) is 15.1. The van der Waals surface area contributed by atoms with Gasteiger partial charge in [-0.05, 0) is 36.4 Å². The molecule has 0 aliphatic heterocycles. The summed E-state index contributed by atoms with van der Waals surface area (Å²) >= 11 is 3.22. The summed E-state index contributed by atoms with van der Waals surface area (Å²) in [5.41, 5.74) is 2.48. The van der Waals surface area contributed by atoms with E-state index in [0.29, 0.717) is 10.5 Å². The highest BCUT2D eigenvalue weighted by Crippen LogP contribution is 2.24. The molecule has 0 fully saturated rings. The lowest BCUT2D eigenvalue weighted by Crippen LogP contribution is -2.47. The quantitative estimate of drug-likeness (QED) is 0.476. The number of amides is 2. The molecule has 2 aromatic carbocycles. The van der Waals surface area contributed by atoms with Crippen LogP contribution >= 0.6 is 15.9 Å². The van der Waals surface area contributed by atoms with E-state index in [1.807, 2.05) is 0 Å². The molecule has 13 heteroatoms. The summed E-state index contributed by atoms with van der Waals surface area (Å²) in [4.78, 5) is 22.5. The normalized spacial score (nSPS) is 11.7. The largest absolute Gasteiger partial charge is 0.472 e. The molecule has 0 saturated heterocycles. The van der Waals surface area contributed by atoms with Crippen LogP contribution in [0.2, 0.25) is 0 Å². The molecule has 0 bridgehead atoms. The molecule has 0 saturated carbocycles. The van der Waals surface area contributed by atoms with Gasteiger partial charge in [0.15, 0.2) is 0 Å². The fourth-order valence-electron chi connectivity index (χ4n) is 2.24. The van der Waals surface area contributed by atoms with E-state index in [9.17, 15) is 35.6 Å². The zero-order chi connectivity index (χ0) is 22.7. The predicted octanol–water partition coefficient (Wildman–Crippen LogP) is 2.88. The van der Waals surface area contributed by atoms with Crippen LogP contribution < -0.4 is 15.2 Å². The van der Waals surface area contributed by atoms with Gasteiger partial charge in [0.1, 0.15) is 5.82 Å². The van der Waals surface area contributed by atoms with E-state index in [4.69, 9.17) is 0 Å². The Labute approximate surface area is 177 Å². The Hall–Kier alpha value is -2.67. The van der Waals surface area contributed by atoms with Crippen LogP contribution in [-0.4, -0.2) is 32.7 Å². The standard InChI is InChI=1S/C17H14BrF4N3O4S/c1-30(28,29)25(13-6-4-12(18)5-7-13)9-11-3-2-10(8-14(11)19)15(26)23-24-16(27)17(20,21)22/h2-8H,9H2,1H3,(H,23,26)(H,24,27). The molecule has 0 spiro atoms. The third kappa shape index (κ3) is 6.16. The van der Waals surface area contributed by atoms with Gasteiger partial charge in [-0.2, -0.15) is 13.2 Å². The van der Waals surface area contributed by atoms with E-state index in [0.717, 1.165) is 28.1 Å². The molecule has 7 nitrogen and oxygen atoms in total. The van der Waals surface area contributed by atoms with Crippen molar-refractivity contribution in [2.45, 2.75) is 12.7 Å². The highest BCUT2D eigenvalue weighted by molar-refractivity contribution is 9.10. The highest BCUT2D eigenvalue weighted by Gasteiger charge is 2.39. The Balaban J connectivity index is 2.20. The second-order valence-electron chi connectivity index (χ2n) is 5.96. The van der Waals surface area contributed by atoms with E-state index in [1.54, 1.807) is 12.1 Å². The number of nitrogens with one attached hydrogen (secondary N) is 2. The summed E-state index contributed by atoms with van der Waals surface area (Å²) in [6.07, 6.45) is -4.26. The van der Waals surface area contributed by atoms with Gasteiger partial charge in [-0.15, -0.1) is 0 Å². The SMILES string of the molecule is CS(=O)(=O)N(Cc1ccc(C(=O)NNC(=O)C(F)(F)F)cc1F)c1ccc(Br)cc1. The van der Waals surface area contributed by atoms with Gasteiger partial charge in [0.25, 0.3) is 5.91 Å². The molecule has 0 heterocycles. The first-order valence-corrected chi connectivity index (χ1v) is 10.6. The molecule has 30 heavy (non-hydrogen) atoms. The number of hydrogen-bond donors (Lipinski definition) is 2. The Bertz CT molecular complexity index is 1060. The lowest BCUT2D eigenvalue weighted by atomic mass is 10.1. The molecule has 0 aromatic heterocycles. The monoisotopic (exact) mass is 511 g/mol. The van der Waals surface area contributed by atoms with Crippen molar-refractivity contribution < 1.29 is 35.6 Å². The smallest absolute Gasteiger partial charge is 0.267 e. The minimum Gasteiger partial charge on any atom is -0.267 e. The number of sulfonamides is 1. The minimum atomic E-state index is -5.20. The van der Waals surface area contributed by atoms with Gasteiger partial charge in [0.2, 0.25) is 10.0 Å². The Morgan fingerprint density at radius 3 is 2.17 bits per heavy atom. The molecule has 0 unspecified atom stereocenters. The van der Waals surface area contributed by atoms with Gasteiger partial charge < -0.3 is 0 Å². The number of carbonyl (C=O) groups is 2. The minimum absolute atomic E-state index is 0.0841. The first-order valence-electron chi connectivity index (χ1n) is 7.98. The van der Waals surface area contributed by atoms with E-state index < -0.39 is 33.8 Å². The van der Waals surface area contributed by atoms with Gasteiger partial charge in [0.05, 0.1) is 18.5 Å². The molecule has 2 aromatic rings. The Morgan fingerprint density at radius 1 is 1.07 bits per heavy atom. The molecule has 0 atom stereocenters. The van der Waals surface area contributed by atoms with Crippen LogP contribution in [0.4, 0.5) is 23.2 Å². The number of alkyl halides is 3. The third-order valence-electron chi connectivity index (χ3n) is 3.69. The summed E-state index contributed by atoms with van der Waals surface area (Å²) < 4.78 is 76.7. The molecule has 0 radical (unpaired) electrons. The second kappa shape index (κ2) is 9.00. The maximum atomic E-state index is 14.5. The van der Waals surface area contributed by atoms with Crippen molar-refractivity contribution in [3.8, 4) is 0 Å². The summed E-state index contributed by atoms with van der Waals surface area (Å²) in [5, 5.41) is 0. The number of rotatable bonds is 5. The van der Waals surface area contributed by atoms with Crippen LogP contribution in [0, 0.1) is 5.82 Å². The molecular formula is C17H14BrF4N3O4S. The number of carbonyl (C=O) groups excluding carboxylic acids is 2. The van der Waals surface area contributed by atoms with Gasteiger partial charge in [-0.3, -0.25) is 24.7 Å². The van der Waals surface area contributed by atoms with E-state index in [2.05, 4.69) is 15.9 Å².